The molecule has 1 aromatic carbocycles. The van der Waals surface area contributed by atoms with E-state index in [9.17, 15) is 8.42 Å². The molecule has 0 atom stereocenters. The van der Waals surface area contributed by atoms with Crippen LogP contribution in [0.1, 0.15) is 24.5 Å². The minimum absolute atomic E-state index is 0.246. The number of aryl methyl sites for hydroxylation is 1. The Bertz CT molecular complexity index is 455. The number of rotatable bonds is 8. The Morgan fingerprint density at radius 1 is 1.22 bits per heavy atom. The standard InChI is InChI=1S/C14H23NO2S/c1-3-18(16,17)11-5-9-15-10-8-14-7-4-6-13(2)12-14/h4,6-7,12,15H,3,5,8-11H2,1-2H3. The average molecular weight is 269 g/mol. The minimum Gasteiger partial charge on any atom is -0.316 e. The molecule has 0 heterocycles. The molecular formula is C14H23NO2S. The van der Waals surface area contributed by atoms with Gasteiger partial charge < -0.3 is 5.32 Å². The normalized spacial score (nSPS) is 11.7. The van der Waals surface area contributed by atoms with Gasteiger partial charge in [0.05, 0.1) is 5.75 Å². The molecule has 0 bridgehead atoms. The molecule has 4 heteroatoms. The molecule has 0 unspecified atom stereocenters. The van der Waals surface area contributed by atoms with Gasteiger partial charge in [-0.2, -0.15) is 0 Å². The molecule has 0 spiro atoms. The van der Waals surface area contributed by atoms with Gasteiger partial charge in [-0.15, -0.1) is 0 Å². The van der Waals surface area contributed by atoms with Crippen LogP contribution < -0.4 is 5.32 Å². The maximum atomic E-state index is 11.3. The van der Waals surface area contributed by atoms with Gasteiger partial charge in [0.1, 0.15) is 9.84 Å². The highest BCUT2D eigenvalue weighted by Crippen LogP contribution is 2.03. The van der Waals surface area contributed by atoms with Crippen LogP contribution >= 0.6 is 0 Å². The van der Waals surface area contributed by atoms with Crippen LogP contribution in [0.25, 0.3) is 0 Å². The Kier molecular flexibility index (Phi) is 6.36. The molecule has 3 nitrogen and oxygen atoms in total. The number of hydrogen-bond donors (Lipinski definition) is 1. The summed E-state index contributed by atoms with van der Waals surface area (Å²) in [7, 11) is -2.80. The molecule has 0 aliphatic carbocycles. The van der Waals surface area contributed by atoms with E-state index in [1.807, 2.05) is 0 Å². The Balaban J connectivity index is 2.13. The van der Waals surface area contributed by atoms with Gasteiger partial charge in [-0.05, 0) is 38.4 Å². The van der Waals surface area contributed by atoms with Crippen molar-refractivity contribution in [1.29, 1.82) is 0 Å². The Labute approximate surface area is 111 Å². The highest BCUT2D eigenvalue weighted by molar-refractivity contribution is 7.91. The van der Waals surface area contributed by atoms with Crippen LogP contribution in [0.2, 0.25) is 0 Å². The molecule has 0 saturated carbocycles. The second-order valence-electron chi connectivity index (χ2n) is 4.58. The predicted molar refractivity (Wildman–Crippen MR) is 76.7 cm³/mol. The highest BCUT2D eigenvalue weighted by atomic mass is 32.2. The molecule has 0 aromatic heterocycles. The molecule has 0 fully saturated rings. The first-order valence-corrected chi connectivity index (χ1v) is 8.32. The van der Waals surface area contributed by atoms with Gasteiger partial charge in [0.15, 0.2) is 0 Å². The molecule has 1 rings (SSSR count). The van der Waals surface area contributed by atoms with Gasteiger partial charge in [0.2, 0.25) is 0 Å². The largest absolute Gasteiger partial charge is 0.316 e. The summed E-state index contributed by atoms with van der Waals surface area (Å²) in [6.07, 6.45) is 1.69. The van der Waals surface area contributed by atoms with Gasteiger partial charge in [0.25, 0.3) is 0 Å². The molecule has 0 saturated heterocycles. The number of nitrogens with one attached hydrogen (secondary N) is 1. The summed E-state index contributed by atoms with van der Waals surface area (Å²) in [5.41, 5.74) is 2.60. The van der Waals surface area contributed by atoms with E-state index in [4.69, 9.17) is 0 Å². The van der Waals surface area contributed by atoms with Crippen LogP contribution in [-0.2, 0) is 16.3 Å². The zero-order valence-corrected chi connectivity index (χ0v) is 12.1. The Hall–Kier alpha value is -0.870. The summed E-state index contributed by atoms with van der Waals surface area (Å²) in [5.74, 6) is 0.539. The molecule has 0 amide bonds. The average Bonchev–Trinajstić information content (AvgIpc) is 2.34. The maximum Gasteiger partial charge on any atom is 0.150 e. The first-order chi connectivity index (χ1) is 8.53. The van der Waals surface area contributed by atoms with E-state index in [0.29, 0.717) is 12.2 Å². The van der Waals surface area contributed by atoms with Crippen molar-refractivity contribution in [2.75, 3.05) is 24.6 Å². The van der Waals surface area contributed by atoms with Crippen LogP contribution in [0.4, 0.5) is 0 Å². The van der Waals surface area contributed by atoms with Crippen molar-refractivity contribution >= 4 is 9.84 Å². The van der Waals surface area contributed by atoms with Crippen molar-refractivity contribution in [3.8, 4) is 0 Å². The number of hydrogen-bond acceptors (Lipinski definition) is 3. The number of benzene rings is 1. The van der Waals surface area contributed by atoms with E-state index in [1.165, 1.54) is 11.1 Å². The fourth-order valence-corrected chi connectivity index (χ4v) is 2.66. The van der Waals surface area contributed by atoms with Crippen molar-refractivity contribution in [2.24, 2.45) is 0 Å². The highest BCUT2D eigenvalue weighted by Gasteiger charge is 2.05. The van der Waals surface area contributed by atoms with Gasteiger partial charge >= 0.3 is 0 Å². The molecule has 18 heavy (non-hydrogen) atoms. The lowest BCUT2D eigenvalue weighted by Crippen LogP contribution is -2.21. The van der Waals surface area contributed by atoms with Gasteiger partial charge in [0, 0.05) is 5.75 Å². The van der Waals surface area contributed by atoms with Crippen LogP contribution in [0, 0.1) is 6.92 Å². The summed E-state index contributed by atoms with van der Waals surface area (Å²) in [6.45, 7) is 5.45. The second-order valence-corrected chi connectivity index (χ2v) is 7.05. The first-order valence-electron chi connectivity index (χ1n) is 6.50. The van der Waals surface area contributed by atoms with Crippen LogP contribution in [-0.4, -0.2) is 33.0 Å². The van der Waals surface area contributed by atoms with E-state index in [2.05, 4.69) is 36.5 Å². The lowest BCUT2D eigenvalue weighted by Gasteiger charge is -2.05. The lowest BCUT2D eigenvalue weighted by atomic mass is 10.1. The monoisotopic (exact) mass is 269 g/mol. The molecular weight excluding hydrogens is 246 g/mol. The van der Waals surface area contributed by atoms with Crippen LogP contribution in [0.15, 0.2) is 24.3 Å². The van der Waals surface area contributed by atoms with Crippen molar-refractivity contribution < 1.29 is 8.42 Å². The summed E-state index contributed by atoms with van der Waals surface area (Å²) < 4.78 is 22.5. The van der Waals surface area contributed by atoms with Crippen molar-refractivity contribution in [1.82, 2.24) is 5.32 Å². The lowest BCUT2D eigenvalue weighted by molar-refractivity contribution is 0.590. The predicted octanol–water partition coefficient (Wildman–Crippen LogP) is 1.95. The SMILES string of the molecule is CCS(=O)(=O)CCCNCCc1cccc(C)c1. The smallest absolute Gasteiger partial charge is 0.150 e. The maximum absolute atomic E-state index is 11.3. The molecule has 0 aliphatic rings. The first kappa shape index (κ1) is 15.2. The third-order valence-electron chi connectivity index (χ3n) is 2.92. The van der Waals surface area contributed by atoms with Crippen LogP contribution in [0.5, 0.6) is 0 Å². The van der Waals surface area contributed by atoms with E-state index in [1.54, 1.807) is 6.92 Å². The molecule has 1 aromatic rings. The van der Waals surface area contributed by atoms with E-state index < -0.39 is 9.84 Å². The van der Waals surface area contributed by atoms with Crippen molar-refractivity contribution in [3.63, 3.8) is 0 Å². The molecule has 0 aliphatic heterocycles. The third-order valence-corrected chi connectivity index (χ3v) is 4.71. The van der Waals surface area contributed by atoms with E-state index >= 15 is 0 Å². The minimum atomic E-state index is -2.80. The summed E-state index contributed by atoms with van der Waals surface area (Å²) in [5, 5.41) is 3.29. The summed E-state index contributed by atoms with van der Waals surface area (Å²) in [6, 6.07) is 8.46. The van der Waals surface area contributed by atoms with Crippen molar-refractivity contribution in [3.05, 3.63) is 35.4 Å². The zero-order valence-electron chi connectivity index (χ0n) is 11.3. The number of sulfone groups is 1. The Morgan fingerprint density at radius 2 is 2.00 bits per heavy atom. The molecule has 102 valence electrons. The van der Waals surface area contributed by atoms with Crippen molar-refractivity contribution in [2.45, 2.75) is 26.7 Å². The topological polar surface area (TPSA) is 46.2 Å². The van der Waals surface area contributed by atoms with Gasteiger partial charge in [-0.3, -0.25) is 0 Å². The van der Waals surface area contributed by atoms with Gasteiger partial charge in [-0.1, -0.05) is 36.8 Å². The fourth-order valence-electron chi connectivity index (χ4n) is 1.79. The molecule has 1 N–H and O–H groups in total. The summed E-state index contributed by atoms with van der Waals surface area (Å²) >= 11 is 0. The van der Waals surface area contributed by atoms with Crippen LogP contribution in [0.3, 0.4) is 0 Å². The molecule has 0 radical (unpaired) electrons. The third kappa shape index (κ3) is 6.17. The summed E-state index contributed by atoms with van der Waals surface area (Å²) in [4.78, 5) is 0. The Morgan fingerprint density at radius 3 is 2.67 bits per heavy atom. The fraction of sp³-hybridized carbons (Fsp3) is 0.571. The van der Waals surface area contributed by atoms with Gasteiger partial charge in [-0.25, -0.2) is 8.42 Å². The van der Waals surface area contributed by atoms with E-state index in [0.717, 1.165) is 19.5 Å². The zero-order chi connectivity index (χ0) is 13.4. The second kappa shape index (κ2) is 7.54. The van der Waals surface area contributed by atoms with E-state index in [-0.39, 0.29) is 5.75 Å². The quantitative estimate of drug-likeness (QED) is 0.734.